The number of anilines is 5. The fourth-order valence-corrected chi connectivity index (χ4v) is 4.00. The summed E-state index contributed by atoms with van der Waals surface area (Å²) in [6.07, 6.45) is 4.92. The number of rotatable bonds is 6. The fraction of sp³-hybridized carbons (Fsp3) is 0.0769. The third-order valence-electron chi connectivity index (χ3n) is 5.61. The van der Waals surface area contributed by atoms with Crippen molar-refractivity contribution in [1.29, 1.82) is 0 Å². The quantitative estimate of drug-likeness (QED) is 0.246. The Morgan fingerprint density at radius 3 is 2.54 bits per heavy atom. The molecule has 0 aliphatic carbocycles. The van der Waals surface area contributed by atoms with Crippen LogP contribution in [0.15, 0.2) is 73.3 Å². The van der Waals surface area contributed by atoms with Crippen LogP contribution in [-0.4, -0.2) is 27.0 Å². The largest absolute Gasteiger partial charge is 0.373 e. The zero-order valence-corrected chi connectivity index (χ0v) is 19.7. The minimum absolute atomic E-state index is 0.0438. The Bertz CT molecular complexity index is 1540. The lowest BCUT2D eigenvalue weighted by Crippen LogP contribution is -2.02. The summed E-state index contributed by atoms with van der Waals surface area (Å²) in [5.41, 5.74) is 3.69. The number of aromatic nitrogens is 4. The molecule has 35 heavy (non-hydrogen) atoms. The highest BCUT2D eigenvalue weighted by Crippen LogP contribution is 2.36. The molecule has 2 aromatic carbocycles. The average Bonchev–Trinajstić information content (AvgIpc) is 2.89. The second-order valence-corrected chi connectivity index (χ2v) is 8.21. The second-order valence-electron chi connectivity index (χ2n) is 7.80. The van der Waals surface area contributed by atoms with Crippen molar-refractivity contribution in [2.24, 2.45) is 0 Å². The summed E-state index contributed by atoms with van der Waals surface area (Å²) < 4.78 is 14.5. The van der Waals surface area contributed by atoms with Crippen LogP contribution in [0, 0.1) is 12.7 Å². The molecule has 0 fully saturated rings. The summed E-state index contributed by atoms with van der Waals surface area (Å²) in [7, 11) is 1.81. The predicted octanol–water partition coefficient (Wildman–Crippen LogP) is 6.72. The molecule has 0 atom stereocenters. The molecule has 7 nitrogen and oxygen atoms in total. The van der Waals surface area contributed by atoms with Gasteiger partial charge in [0.15, 0.2) is 5.82 Å². The highest BCUT2D eigenvalue weighted by atomic mass is 35.5. The third-order valence-corrected chi connectivity index (χ3v) is 5.90. The van der Waals surface area contributed by atoms with E-state index in [4.69, 9.17) is 11.6 Å². The number of aryl methyl sites for hydroxylation is 1. The molecule has 0 unspecified atom stereocenters. The first-order chi connectivity index (χ1) is 17.0. The summed E-state index contributed by atoms with van der Waals surface area (Å²) in [6, 6.07) is 16.3. The number of pyridine rings is 2. The van der Waals surface area contributed by atoms with E-state index in [1.165, 1.54) is 12.4 Å². The van der Waals surface area contributed by atoms with E-state index in [9.17, 15) is 4.39 Å². The minimum atomic E-state index is -0.526. The number of fused-ring (bicyclic) bond motifs is 1. The number of hydrogen-bond donors (Lipinski definition) is 3. The molecule has 3 aromatic heterocycles. The Hall–Kier alpha value is -4.30. The van der Waals surface area contributed by atoms with E-state index in [0.29, 0.717) is 17.5 Å². The van der Waals surface area contributed by atoms with Crippen LogP contribution in [0.4, 0.5) is 33.2 Å². The lowest BCUT2D eigenvalue weighted by atomic mass is 10.0. The Labute approximate surface area is 206 Å². The van der Waals surface area contributed by atoms with Crippen LogP contribution in [0.5, 0.6) is 0 Å². The van der Waals surface area contributed by atoms with Gasteiger partial charge in [0.1, 0.15) is 23.8 Å². The fourth-order valence-electron chi connectivity index (χ4n) is 3.83. The molecular weight excluding hydrogens is 465 g/mol. The minimum Gasteiger partial charge on any atom is -0.373 e. The molecule has 5 rings (SSSR count). The lowest BCUT2D eigenvalue weighted by molar-refractivity contribution is 0.632. The van der Waals surface area contributed by atoms with Gasteiger partial charge >= 0.3 is 0 Å². The van der Waals surface area contributed by atoms with Crippen molar-refractivity contribution in [3.05, 3.63) is 89.7 Å². The number of nitrogens with zero attached hydrogens (tertiary/aromatic N) is 4. The normalized spacial score (nSPS) is 10.9. The van der Waals surface area contributed by atoms with Crippen LogP contribution < -0.4 is 16.0 Å². The zero-order valence-electron chi connectivity index (χ0n) is 19.0. The number of nitrogens with one attached hydrogen (secondary N) is 3. The van der Waals surface area contributed by atoms with Crippen LogP contribution in [0.1, 0.15) is 5.56 Å². The molecule has 0 radical (unpaired) electrons. The Kier molecular flexibility index (Phi) is 6.12. The molecule has 9 heteroatoms. The van der Waals surface area contributed by atoms with Gasteiger partial charge in [0.2, 0.25) is 0 Å². The van der Waals surface area contributed by atoms with Crippen molar-refractivity contribution in [2.75, 3.05) is 23.0 Å². The number of hydrogen-bond acceptors (Lipinski definition) is 7. The molecule has 3 N–H and O–H groups in total. The Morgan fingerprint density at radius 2 is 1.69 bits per heavy atom. The predicted molar refractivity (Wildman–Crippen MR) is 139 cm³/mol. The third kappa shape index (κ3) is 4.43. The summed E-state index contributed by atoms with van der Waals surface area (Å²) in [4.78, 5) is 17.6. The molecule has 0 amide bonds. The molecule has 0 aliphatic rings. The van der Waals surface area contributed by atoms with Crippen molar-refractivity contribution in [1.82, 2.24) is 19.9 Å². The topological polar surface area (TPSA) is 87.7 Å². The van der Waals surface area contributed by atoms with Crippen molar-refractivity contribution >= 4 is 51.2 Å². The first-order valence-corrected chi connectivity index (χ1v) is 11.2. The van der Waals surface area contributed by atoms with Gasteiger partial charge in [0.25, 0.3) is 0 Å². The maximum atomic E-state index is 14.5. The van der Waals surface area contributed by atoms with Crippen LogP contribution in [0.25, 0.3) is 22.0 Å². The summed E-state index contributed by atoms with van der Waals surface area (Å²) >= 11 is 5.95. The maximum Gasteiger partial charge on any atom is 0.165 e. The van der Waals surface area contributed by atoms with Crippen LogP contribution in [0.3, 0.4) is 0 Å². The first-order valence-electron chi connectivity index (χ1n) is 10.9. The SMILES string of the molecule is CNc1cc(-c2cccnc2Nc2c(C)ccc3c(Nc4cccc(Cl)c4F)nccc23)ncn1. The van der Waals surface area contributed by atoms with Gasteiger partial charge in [-0.2, -0.15) is 0 Å². The van der Waals surface area contributed by atoms with E-state index in [0.717, 1.165) is 33.3 Å². The van der Waals surface area contributed by atoms with Crippen molar-refractivity contribution in [3.63, 3.8) is 0 Å². The maximum absolute atomic E-state index is 14.5. The number of benzene rings is 2. The van der Waals surface area contributed by atoms with E-state index < -0.39 is 5.82 Å². The molecule has 5 aromatic rings. The van der Waals surface area contributed by atoms with Gasteiger partial charge in [0.05, 0.1) is 22.1 Å². The Morgan fingerprint density at radius 1 is 0.829 bits per heavy atom. The summed E-state index contributed by atoms with van der Waals surface area (Å²) in [5, 5.41) is 11.4. The second kappa shape index (κ2) is 9.52. The van der Waals surface area contributed by atoms with Gasteiger partial charge in [-0.15, -0.1) is 0 Å². The van der Waals surface area contributed by atoms with Crippen molar-refractivity contribution < 1.29 is 4.39 Å². The van der Waals surface area contributed by atoms with Gasteiger partial charge in [0, 0.05) is 41.8 Å². The summed E-state index contributed by atoms with van der Waals surface area (Å²) in [6.45, 7) is 2.01. The van der Waals surface area contributed by atoms with Crippen LogP contribution >= 0.6 is 11.6 Å². The first kappa shape index (κ1) is 22.5. The van der Waals surface area contributed by atoms with E-state index in [1.807, 2.05) is 50.4 Å². The Balaban J connectivity index is 1.58. The molecule has 0 saturated heterocycles. The summed E-state index contributed by atoms with van der Waals surface area (Å²) in [5.74, 6) is 1.35. The van der Waals surface area contributed by atoms with Gasteiger partial charge in [-0.05, 0) is 42.8 Å². The van der Waals surface area contributed by atoms with Crippen LogP contribution in [-0.2, 0) is 0 Å². The van der Waals surface area contributed by atoms with Gasteiger partial charge in [-0.3, -0.25) is 0 Å². The van der Waals surface area contributed by atoms with Gasteiger partial charge in [-0.25, -0.2) is 24.3 Å². The molecule has 0 aliphatic heterocycles. The van der Waals surface area contributed by atoms with E-state index >= 15 is 0 Å². The molecule has 0 saturated carbocycles. The van der Waals surface area contributed by atoms with E-state index in [-0.39, 0.29) is 10.7 Å². The van der Waals surface area contributed by atoms with E-state index in [1.54, 1.807) is 24.5 Å². The average molecular weight is 486 g/mol. The molecule has 0 bridgehead atoms. The number of halogens is 2. The molecule has 0 spiro atoms. The molecular formula is C26H21ClFN7. The highest BCUT2D eigenvalue weighted by molar-refractivity contribution is 6.31. The zero-order chi connectivity index (χ0) is 24.4. The van der Waals surface area contributed by atoms with Gasteiger partial charge < -0.3 is 16.0 Å². The van der Waals surface area contributed by atoms with E-state index in [2.05, 4.69) is 35.9 Å². The van der Waals surface area contributed by atoms with Crippen LogP contribution in [0.2, 0.25) is 5.02 Å². The standard InChI is InChI=1S/C26H21ClFN7/c1-15-8-9-17-16(10-12-31-25(17)34-20-7-3-6-19(27)23(20)28)24(15)35-26-18(5-4-11-30-26)21-13-22(29-2)33-14-32-21/h3-14H,1-2H3,(H,30,35)(H,31,34)(H,29,32,33). The van der Waals surface area contributed by atoms with Crippen molar-refractivity contribution in [2.45, 2.75) is 6.92 Å². The van der Waals surface area contributed by atoms with Gasteiger partial charge in [-0.1, -0.05) is 29.8 Å². The smallest absolute Gasteiger partial charge is 0.165 e. The molecule has 174 valence electrons. The lowest BCUT2D eigenvalue weighted by Gasteiger charge is -2.17. The molecule has 3 heterocycles. The monoisotopic (exact) mass is 485 g/mol. The van der Waals surface area contributed by atoms with Crippen molar-refractivity contribution in [3.8, 4) is 11.3 Å². The highest BCUT2D eigenvalue weighted by Gasteiger charge is 2.15.